The number of rotatable bonds is 5. The zero-order chi connectivity index (χ0) is 14.6. The van der Waals surface area contributed by atoms with Gasteiger partial charge >= 0.3 is 12.2 Å². The minimum absolute atomic E-state index is 0.0935. The van der Waals surface area contributed by atoms with Crippen LogP contribution in [0.15, 0.2) is 28.8 Å². The topological polar surface area (TPSA) is 60.2 Å². The molecule has 0 aliphatic carbocycles. The van der Waals surface area contributed by atoms with Crippen molar-refractivity contribution in [1.29, 1.82) is 0 Å². The van der Waals surface area contributed by atoms with E-state index in [4.69, 9.17) is 9.26 Å². The number of nitrogens with zero attached hydrogens (tertiary/aromatic N) is 2. The van der Waals surface area contributed by atoms with Gasteiger partial charge in [0, 0.05) is 19.2 Å². The van der Waals surface area contributed by atoms with E-state index in [2.05, 4.69) is 15.5 Å². The highest BCUT2D eigenvalue weighted by Crippen LogP contribution is 2.31. The summed E-state index contributed by atoms with van der Waals surface area (Å²) >= 11 is 0. The molecule has 0 saturated carbocycles. The molecule has 0 saturated heterocycles. The van der Waals surface area contributed by atoms with Gasteiger partial charge in [-0.1, -0.05) is 17.3 Å². The summed E-state index contributed by atoms with van der Waals surface area (Å²) in [6.07, 6.45) is -4.40. The van der Waals surface area contributed by atoms with Crippen LogP contribution < -0.4 is 5.32 Å². The summed E-state index contributed by atoms with van der Waals surface area (Å²) in [5.74, 6) is 0.0935. The number of benzene rings is 1. The van der Waals surface area contributed by atoms with Crippen molar-refractivity contribution in [3.63, 3.8) is 0 Å². The van der Waals surface area contributed by atoms with Crippen molar-refractivity contribution in [3.05, 3.63) is 29.8 Å². The zero-order valence-electron chi connectivity index (χ0n) is 10.6. The maximum atomic E-state index is 12.6. The average Bonchev–Trinajstić information content (AvgIpc) is 2.87. The van der Waals surface area contributed by atoms with Crippen molar-refractivity contribution < 1.29 is 22.4 Å². The minimum atomic E-state index is -4.40. The second kappa shape index (κ2) is 5.91. The summed E-state index contributed by atoms with van der Waals surface area (Å²) in [6, 6.07) is 4.88. The van der Waals surface area contributed by atoms with Crippen LogP contribution >= 0.6 is 0 Å². The molecule has 2 rings (SSSR count). The van der Waals surface area contributed by atoms with Crippen LogP contribution in [0, 0.1) is 0 Å². The molecule has 1 heterocycles. The molecule has 108 valence electrons. The SMILES string of the molecule is COCCNc1nc(-c2cccc(C(F)(F)F)c2)no1. The lowest BCUT2D eigenvalue weighted by atomic mass is 10.1. The van der Waals surface area contributed by atoms with E-state index in [-0.39, 0.29) is 17.4 Å². The van der Waals surface area contributed by atoms with Crippen LogP contribution in [0.3, 0.4) is 0 Å². The zero-order valence-corrected chi connectivity index (χ0v) is 10.6. The lowest BCUT2D eigenvalue weighted by Crippen LogP contribution is -2.07. The van der Waals surface area contributed by atoms with E-state index < -0.39 is 11.7 Å². The summed E-state index contributed by atoms with van der Waals surface area (Å²) < 4.78 is 47.5. The fraction of sp³-hybridized carbons (Fsp3) is 0.333. The number of ether oxygens (including phenoxy) is 1. The van der Waals surface area contributed by atoms with Crippen molar-refractivity contribution >= 4 is 6.01 Å². The van der Waals surface area contributed by atoms with Gasteiger partial charge in [-0.2, -0.15) is 18.2 Å². The standard InChI is InChI=1S/C12H12F3N3O2/c1-19-6-5-16-11-17-10(18-20-11)8-3-2-4-9(7-8)12(13,14)15/h2-4,7H,5-6H2,1H3,(H,16,17,18). The van der Waals surface area contributed by atoms with E-state index in [1.165, 1.54) is 12.1 Å². The summed E-state index contributed by atoms with van der Waals surface area (Å²) in [6.45, 7) is 0.905. The second-order valence-corrected chi connectivity index (χ2v) is 3.92. The third kappa shape index (κ3) is 3.47. The van der Waals surface area contributed by atoms with Crippen molar-refractivity contribution in [3.8, 4) is 11.4 Å². The minimum Gasteiger partial charge on any atom is -0.383 e. The Kier molecular flexibility index (Phi) is 4.23. The predicted octanol–water partition coefficient (Wildman–Crippen LogP) is 2.81. The Morgan fingerprint density at radius 1 is 1.35 bits per heavy atom. The molecule has 0 aliphatic rings. The van der Waals surface area contributed by atoms with E-state index in [1.54, 1.807) is 7.11 Å². The first-order chi connectivity index (χ1) is 9.50. The van der Waals surface area contributed by atoms with Crippen LogP contribution in [0.25, 0.3) is 11.4 Å². The molecule has 1 aromatic heterocycles. The first-order valence-electron chi connectivity index (χ1n) is 5.75. The van der Waals surface area contributed by atoms with Crippen LogP contribution in [-0.4, -0.2) is 30.4 Å². The van der Waals surface area contributed by atoms with Gasteiger partial charge in [0.15, 0.2) is 0 Å². The number of methoxy groups -OCH3 is 1. The summed E-state index contributed by atoms with van der Waals surface area (Å²) in [7, 11) is 1.55. The molecule has 0 amide bonds. The van der Waals surface area contributed by atoms with Gasteiger partial charge in [-0.05, 0) is 12.1 Å². The Morgan fingerprint density at radius 3 is 2.85 bits per heavy atom. The highest BCUT2D eigenvalue weighted by molar-refractivity contribution is 5.56. The quantitative estimate of drug-likeness (QED) is 0.857. The van der Waals surface area contributed by atoms with Crippen molar-refractivity contribution in [2.75, 3.05) is 25.6 Å². The highest BCUT2D eigenvalue weighted by Gasteiger charge is 2.30. The van der Waals surface area contributed by atoms with Crippen molar-refractivity contribution in [2.45, 2.75) is 6.18 Å². The van der Waals surface area contributed by atoms with Gasteiger partial charge in [0.25, 0.3) is 0 Å². The molecule has 0 unspecified atom stereocenters. The normalized spacial score (nSPS) is 11.6. The Hall–Kier alpha value is -2.09. The Morgan fingerprint density at radius 2 is 2.15 bits per heavy atom. The van der Waals surface area contributed by atoms with Gasteiger partial charge in [0.05, 0.1) is 12.2 Å². The molecule has 0 radical (unpaired) electrons. The van der Waals surface area contributed by atoms with E-state index in [0.717, 1.165) is 12.1 Å². The van der Waals surface area contributed by atoms with Crippen LogP contribution in [0.5, 0.6) is 0 Å². The third-order valence-electron chi connectivity index (χ3n) is 2.46. The summed E-state index contributed by atoms with van der Waals surface area (Å²) in [5.41, 5.74) is -0.517. The average molecular weight is 287 g/mol. The molecule has 1 aromatic carbocycles. The van der Waals surface area contributed by atoms with Gasteiger partial charge < -0.3 is 14.6 Å². The van der Waals surface area contributed by atoms with Crippen molar-refractivity contribution in [1.82, 2.24) is 10.1 Å². The number of anilines is 1. The highest BCUT2D eigenvalue weighted by atomic mass is 19.4. The lowest BCUT2D eigenvalue weighted by molar-refractivity contribution is -0.137. The molecule has 2 aromatic rings. The molecule has 8 heteroatoms. The molecule has 0 bridgehead atoms. The van der Waals surface area contributed by atoms with E-state index >= 15 is 0 Å². The Bertz CT molecular complexity index is 569. The third-order valence-corrected chi connectivity index (χ3v) is 2.46. The maximum absolute atomic E-state index is 12.6. The molecule has 1 N–H and O–H groups in total. The molecule has 0 fully saturated rings. The Balaban J connectivity index is 2.16. The Labute approximate surface area is 112 Å². The van der Waals surface area contributed by atoms with Crippen LogP contribution in [0.2, 0.25) is 0 Å². The van der Waals surface area contributed by atoms with E-state index in [1.807, 2.05) is 0 Å². The molecule has 5 nitrogen and oxygen atoms in total. The van der Waals surface area contributed by atoms with Crippen LogP contribution in [0.4, 0.5) is 19.2 Å². The van der Waals surface area contributed by atoms with Gasteiger partial charge in [0.1, 0.15) is 0 Å². The smallest absolute Gasteiger partial charge is 0.383 e. The van der Waals surface area contributed by atoms with Gasteiger partial charge in [-0.25, -0.2) is 0 Å². The van der Waals surface area contributed by atoms with E-state index in [9.17, 15) is 13.2 Å². The maximum Gasteiger partial charge on any atom is 0.416 e. The number of hydrogen-bond donors (Lipinski definition) is 1. The molecule has 0 aliphatic heterocycles. The summed E-state index contributed by atoms with van der Waals surface area (Å²) in [4.78, 5) is 3.96. The molecule has 0 spiro atoms. The van der Waals surface area contributed by atoms with Gasteiger partial charge in [-0.3, -0.25) is 0 Å². The largest absolute Gasteiger partial charge is 0.416 e. The van der Waals surface area contributed by atoms with Crippen LogP contribution in [0.1, 0.15) is 5.56 Å². The number of alkyl halides is 3. The van der Waals surface area contributed by atoms with E-state index in [0.29, 0.717) is 13.2 Å². The first kappa shape index (κ1) is 14.3. The first-order valence-corrected chi connectivity index (χ1v) is 5.75. The van der Waals surface area contributed by atoms with Crippen molar-refractivity contribution in [2.24, 2.45) is 0 Å². The number of aromatic nitrogens is 2. The fourth-order valence-corrected chi connectivity index (χ4v) is 1.51. The fourth-order valence-electron chi connectivity index (χ4n) is 1.51. The monoisotopic (exact) mass is 287 g/mol. The molecular formula is C12H12F3N3O2. The van der Waals surface area contributed by atoms with Gasteiger partial charge in [-0.15, -0.1) is 0 Å². The molecule has 20 heavy (non-hydrogen) atoms. The summed E-state index contributed by atoms with van der Waals surface area (Å²) in [5, 5.41) is 6.42. The lowest BCUT2D eigenvalue weighted by Gasteiger charge is -2.06. The van der Waals surface area contributed by atoms with Crippen LogP contribution in [-0.2, 0) is 10.9 Å². The molecule has 0 atom stereocenters. The van der Waals surface area contributed by atoms with Gasteiger partial charge in [0.2, 0.25) is 5.82 Å². The molecular weight excluding hydrogens is 275 g/mol. The number of hydrogen-bond acceptors (Lipinski definition) is 5. The second-order valence-electron chi connectivity index (χ2n) is 3.92. The number of nitrogens with one attached hydrogen (secondary N) is 1. The number of halogens is 3. The predicted molar refractivity (Wildman–Crippen MR) is 65.1 cm³/mol.